The Morgan fingerprint density at radius 1 is 1.32 bits per heavy atom. The van der Waals surface area contributed by atoms with Crippen LogP contribution in [0.5, 0.6) is 11.5 Å². The minimum atomic E-state index is -0.194. The minimum Gasteiger partial charge on any atom is -0.485 e. The smallest absolute Gasteiger partial charge is 0.255 e. The highest BCUT2D eigenvalue weighted by atomic mass is 35.5. The Morgan fingerprint density at radius 3 is 2.61 bits per heavy atom. The number of halogens is 2. The number of fused-ring (bicyclic) bond motifs is 1. The first-order valence-corrected chi connectivity index (χ1v) is 10.3. The second kappa shape index (κ2) is 10.4. The summed E-state index contributed by atoms with van der Waals surface area (Å²) in [6.07, 6.45) is 3.43. The molecule has 6 nitrogen and oxygen atoms in total. The van der Waals surface area contributed by atoms with Crippen molar-refractivity contribution in [3.8, 4) is 11.5 Å². The number of hydrogen-bond donors (Lipinski definition) is 2. The van der Waals surface area contributed by atoms with Crippen LogP contribution in [0.1, 0.15) is 43.5 Å². The van der Waals surface area contributed by atoms with Crippen molar-refractivity contribution in [1.29, 1.82) is 0 Å². The van der Waals surface area contributed by atoms with Crippen LogP contribution in [0.15, 0.2) is 6.07 Å². The van der Waals surface area contributed by atoms with E-state index in [2.05, 4.69) is 24.1 Å². The summed E-state index contributed by atoms with van der Waals surface area (Å²) in [5.74, 6) is 1.81. The van der Waals surface area contributed by atoms with Gasteiger partial charge in [-0.15, -0.1) is 12.4 Å². The van der Waals surface area contributed by atoms with Gasteiger partial charge in [0.2, 0.25) is 0 Å². The molecule has 0 spiro atoms. The van der Waals surface area contributed by atoms with Gasteiger partial charge in [0.05, 0.1) is 16.3 Å². The van der Waals surface area contributed by atoms with Gasteiger partial charge < -0.3 is 25.4 Å². The van der Waals surface area contributed by atoms with E-state index >= 15 is 0 Å². The number of carbonyl (C=O) groups excluding carboxylic acids is 1. The van der Waals surface area contributed by atoms with Crippen LogP contribution in [0.2, 0.25) is 5.02 Å². The van der Waals surface area contributed by atoms with Gasteiger partial charge in [0.25, 0.3) is 5.91 Å². The maximum Gasteiger partial charge on any atom is 0.255 e. The van der Waals surface area contributed by atoms with E-state index in [9.17, 15) is 4.79 Å². The molecule has 3 N–H and O–H groups in total. The van der Waals surface area contributed by atoms with E-state index in [0.29, 0.717) is 53.4 Å². The fraction of sp³-hybridized carbons (Fsp3) is 0.650. The van der Waals surface area contributed by atoms with Crippen molar-refractivity contribution in [2.45, 2.75) is 33.1 Å². The number of nitrogens with two attached hydrogens (primary N) is 1. The molecule has 1 fully saturated rings. The van der Waals surface area contributed by atoms with Crippen LogP contribution in [0.4, 0.5) is 5.69 Å². The summed E-state index contributed by atoms with van der Waals surface area (Å²) in [5.41, 5.74) is 6.65. The van der Waals surface area contributed by atoms with Gasteiger partial charge >= 0.3 is 0 Å². The molecule has 1 aromatic carbocycles. The van der Waals surface area contributed by atoms with Crippen LogP contribution in [-0.2, 0) is 0 Å². The molecule has 1 amide bonds. The molecule has 0 saturated carbocycles. The van der Waals surface area contributed by atoms with Gasteiger partial charge in [0.15, 0.2) is 11.5 Å². The van der Waals surface area contributed by atoms with Crippen LogP contribution in [0, 0.1) is 11.8 Å². The Labute approximate surface area is 178 Å². The fourth-order valence-electron chi connectivity index (χ4n) is 3.64. The monoisotopic (exact) mass is 431 g/mol. The molecule has 3 rings (SSSR count). The summed E-state index contributed by atoms with van der Waals surface area (Å²) < 4.78 is 11.2. The summed E-state index contributed by atoms with van der Waals surface area (Å²) >= 11 is 6.17. The molecule has 158 valence electrons. The zero-order valence-corrected chi connectivity index (χ0v) is 18.2. The van der Waals surface area contributed by atoms with Crippen LogP contribution >= 0.6 is 24.0 Å². The first kappa shape index (κ1) is 22.9. The molecule has 0 bridgehead atoms. The Hall–Kier alpha value is -1.37. The predicted octanol–water partition coefficient (Wildman–Crippen LogP) is 3.60. The van der Waals surface area contributed by atoms with Gasteiger partial charge in [0, 0.05) is 13.1 Å². The first-order valence-electron chi connectivity index (χ1n) is 9.87. The van der Waals surface area contributed by atoms with E-state index in [1.165, 1.54) is 13.0 Å². The van der Waals surface area contributed by atoms with Gasteiger partial charge in [-0.1, -0.05) is 31.9 Å². The van der Waals surface area contributed by atoms with Crippen LogP contribution in [-0.4, -0.2) is 50.2 Å². The summed E-state index contributed by atoms with van der Waals surface area (Å²) in [7, 11) is 0. The van der Waals surface area contributed by atoms with Crippen molar-refractivity contribution in [1.82, 2.24) is 10.2 Å². The molecule has 2 heterocycles. The van der Waals surface area contributed by atoms with Gasteiger partial charge in [-0.25, -0.2) is 0 Å². The lowest BCUT2D eigenvalue weighted by atomic mass is 9.95. The molecule has 2 aliphatic rings. The second-order valence-corrected chi connectivity index (χ2v) is 8.05. The summed E-state index contributed by atoms with van der Waals surface area (Å²) in [6, 6.07) is 1.56. The van der Waals surface area contributed by atoms with Crippen molar-refractivity contribution in [2.24, 2.45) is 11.8 Å². The number of anilines is 1. The number of hydrogen-bond acceptors (Lipinski definition) is 5. The number of piperidine rings is 1. The first-order chi connectivity index (χ1) is 13.0. The quantitative estimate of drug-likeness (QED) is 0.672. The molecule has 1 unspecified atom stereocenters. The van der Waals surface area contributed by atoms with E-state index in [4.69, 9.17) is 26.8 Å². The third kappa shape index (κ3) is 5.37. The molecule has 0 aliphatic carbocycles. The molecule has 28 heavy (non-hydrogen) atoms. The van der Waals surface area contributed by atoms with Crippen molar-refractivity contribution in [2.75, 3.05) is 45.1 Å². The largest absolute Gasteiger partial charge is 0.485 e. The number of ether oxygens (including phenoxy) is 2. The minimum absolute atomic E-state index is 0. The van der Waals surface area contributed by atoms with Gasteiger partial charge in [-0.05, 0) is 43.8 Å². The highest BCUT2D eigenvalue weighted by Gasteiger charge is 2.26. The number of benzene rings is 1. The number of nitrogens with one attached hydrogen (secondary N) is 1. The number of likely N-dealkylation sites (tertiary alicyclic amines) is 1. The van der Waals surface area contributed by atoms with E-state index in [0.717, 1.165) is 31.8 Å². The van der Waals surface area contributed by atoms with Crippen LogP contribution in [0.3, 0.4) is 0 Å². The molecular formula is C20H31Cl2N3O3. The molecule has 0 aromatic heterocycles. The van der Waals surface area contributed by atoms with Crippen LogP contribution < -0.4 is 20.5 Å². The lowest BCUT2D eigenvalue weighted by molar-refractivity contribution is 0.0923. The molecule has 0 radical (unpaired) electrons. The third-order valence-electron chi connectivity index (χ3n) is 5.57. The lowest BCUT2D eigenvalue weighted by Crippen LogP contribution is -2.40. The van der Waals surface area contributed by atoms with E-state index in [1.54, 1.807) is 6.07 Å². The molecule has 1 aromatic rings. The van der Waals surface area contributed by atoms with E-state index in [-0.39, 0.29) is 18.3 Å². The zero-order valence-electron chi connectivity index (χ0n) is 16.6. The average Bonchev–Trinajstić information content (AvgIpc) is 2.69. The Morgan fingerprint density at radius 2 is 1.96 bits per heavy atom. The molecule has 2 aliphatic heterocycles. The lowest BCUT2D eigenvalue weighted by Gasteiger charge is -2.33. The summed E-state index contributed by atoms with van der Waals surface area (Å²) in [4.78, 5) is 15.3. The maximum atomic E-state index is 12.7. The Balaban J connectivity index is 0.00000280. The van der Waals surface area contributed by atoms with Gasteiger partial charge in [0.1, 0.15) is 13.2 Å². The number of carbonyl (C=O) groups is 1. The summed E-state index contributed by atoms with van der Waals surface area (Å²) in [5, 5.41) is 3.35. The van der Waals surface area contributed by atoms with Crippen molar-refractivity contribution in [3.05, 3.63) is 16.7 Å². The van der Waals surface area contributed by atoms with Crippen molar-refractivity contribution >= 4 is 35.6 Å². The average molecular weight is 432 g/mol. The molecular weight excluding hydrogens is 401 g/mol. The standard InChI is InChI=1S/C20H30ClN3O3.ClH/c1-3-13(2)12-24-6-4-14(5-7-24)11-23-20(25)15-10-16(21)17(22)19-18(15)26-8-9-27-19;/h10,13-14H,3-9,11-12,22H2,1-2H3,(H,23,25);1H. The van der Waals surface area contributed by atoms with E-state index < -0.39 is 0 Å². The number of nitrogens with zero attached hydrogens (tertiary/aromatic N) is 1. The van der Waals surface area contributed by atoms with Crippen LogP contribution in [0.25, 0.3) is 0 Å². The zero-order chi connectivity index (χ0) is 19.4. The van der Waals surface area contributed by atoms with E-state index in [1.807, 2.05) is 0 Å². The normalized spacial score (nSPS) is 18.2. The molecule has 1 atom stereocenters. The Bertz CT molecular complexity index is 679. The highest BCUT2D eigenvalue weighted by molar-refractivity contribution is 6.34. The topological polar surface area (TPSA) is 76.8 Å². The SMILES string of the molecule is CCC(C)CN1CCC(CNC(=O)c2cc(Cl)c(N)c3c2OCCO3)CC1.Cl. The number of rotatable bonds is 6. The number of amides is 1. The molecule has 8 heteroatoms. The number of nitrogen functional groups attached to an aromatic ring is 1. The summed E-state index contributed by atoms with van der Waals surface area (Å²) in [6.45, 7) is 9.36. The highest BCUT2D eigenvalue weighted by Crippen LogP contribution is 2.43. The molecule has 1 saturated heterocycles. The maximum absolute atomic E-state index is 12.7. The Kier molecular flexibility index (Phi) is 8.53. The van der Waals surface area contributed by atoms with Gasteiger partial charge in [-0.2, -0.15) is 0 Å². The van der Waals surface area contributed by atoms with Crippen molar-refractivity contribution in [3.63, 3.8) is 0 Å². The second-order valence-electron chi connectivity index (χ2n) is 7.64. The van der Waals surface area contributed by atoms with Gasteiger partial charge in [-0.3, -0.25) is 4.79 Å². The fourth-order valence-corrected chi connectivity index (χ4v) is 3.84. The predicted molar refractivity (Wildman–Crippen MR) is 115 cm³/mol. The third-order valence-corrected chi connectivity index (χ3v) is 5.88. The van der Waals surface area contributed by atoms with Crippen molar-refractivity contribution < 1.29 is 14.3 Å².